The first-order valence-electron chi connectivity index (χ1n) is 5.22. The minimum absolute atomic E-state index is 0.677. The SMILES string of the molecule is COc1cc(C#CCCCN)cc(OC)c1. The van der Waals surface area contributed by atoms with Crippen molar-refractivity contribution in [3.8, 4) is 23.3 Å². The molecule has 1 rings (SSSR count). The fourth-order valence-electron chi connectivity index (χ4n) is 1.23. The van der Waals surface area contributed by atoms with Crippen LogP contribution in [-0.2, 0) is 0 Å². The van der Waals surface area contributed by atoms with E-state index in [1.54, 1.807) is 14.2 Å². The van der Waals surface area contributed by atoms with Gasteiger partial charge in [-0.2, -0.15) is 0 Å². The van der Waals surface area contributed by atoms with Crippen molar-refractivity contribution in [1.29, 1.82) is 0 Å². The molecule has 2 N–H and O–H groups in total. The van der Waals surface area contributed by atoms with Gasteiger partial charge < -0.3 is 15.2 Å². The summed E-state index contributed by atoms with van der Waals surface area (Å²) in [4.78, 5) is 0. The lowest BCUT2D eigenvalue weighted by Gasteiger charge is -2.04. The quantitative estimate of drug-likeness (QED) is 0.620. The van der Waals surface area contributed by atoms with Crippen LogP contribution in [-0.4, -0.2) is 20.8 Å². The maximum Gasteiger partial charge on any atom is 0.123 e. The standard InChI is InChI=1S/C13H17NO2/c1-15-12-8-11(6-4-3-5-7-14)9-13(10-12)16-2/h8-10H,3,5,7,14H2,1-2H3. The fraction of sp³-hybridized carbons (Fsp3) is 0.385. The van der Waals surface area contributed by atoms with E-state index < -0.39 is 0 Å². The normalized spacial score (nSPS) is 9.19. The van der Waals surface area contributed by atoms with E-state index >= 15 is 0 Å². The van der Waals surface area contributed by atoms with Gasteiger partial charge in [-0.3, -0.25) is 0 Å². The van der Waals surface area contributed by atoms with Crippen LogP contribution in [0, 0.1) is 11.8 Å². The number of rotatable bonds is 4. The Kier molecular flexibility index (Phi) is 5.24. The monoisotopic (exact) mass is 219 g/mol. The van der Waals surface area contributed by atoms with E-state index in [2.05, 4.69) is 11.8 Å². The lowest BCUT2D eigenvalue weighted by molar-refractivity contribution is 0.394. The molecule has 0 aliphatic carbocycles. The van der Waals surface area contributed by atoms with Crippen molar-refractivity contribution in [2.75, 3.05) is 20.8 Å². The number of methoxy groups -OCH3 is 2. The van der Waals surface area contributed by atoms with Gasteiger partial charge in [0.25, 0.3) is 0 Å². The highest BCUT2D eigenvalue weighted by atomic mass is 16.5. The zero-order valence-corrected chi connectivity index (χ0v) is 9.75. The molecule has 16 heavy (non-hydrogen) atoms. The average molecular weight is 219 g/mol. The molecule has 0 radical (unpaired) electrons. The molecular weight excluding hydrogens is 202 g/mol. The summed E-state index contributed by atoms with van der Waals surface area (Å²) in [6, 6.07) is 5.60. The van der Waals surface area contributed by atoms with E-state index in [-0.39, 0.29) is 0 Å². The largest absolute Gasteiger partial charge is 0.497 e. The van der Waals surface area contributed by atoms with Gasteiger partial charge in [0.05, 0.1) is 14.2 Å². The van der Waals surface area contributed by atoms with Crippen LogP contribution in [0.1, 0.15) is 18.4 Å². The van der Waals surface area contributed by atoms with Crippen molar-refractivity contribution in [2.24, 2.45) is 5.73 Å². The highest BCUT2D eigenvalue weighted by molar-refractivity contribution is 5.46. The van der Waals surface area contributed by atoms with E-state index in [1.807, 2.05) is 18.2 Å². The third-order valence-electron chi connectivity index (χ3n) is 2.09. The van der Waals surface area contributed by atoms with E-state index in [0.29, 0.717) is 6.54 Å². The van der Waals surface area contributed by atoms with Crippen LogP contribution in [0.3, 0.4) is 0 Å². The fourth-order valence-corrected chi connectivity index (χ4v) is 1.23. The van der Waals surface area contributed by atoms with Crippen molar-refractivity contribution in [3.05, 3.63) is 23.8 Å². The van der Waals surface area contributed by atoms with Gasteiger partial charge in [0, 0.05) is 18.1 Å². The maximum absolute atomic E-state index is 5.39. The molecule has 0 saturated heterocycles. The highest BCUT2D eigenvalue weighted by Gasteiger charge is 1.98. The molecule has 0 bridgehead atoms. The lowest BCUT2D eigenvalue weighted by Crippen LogP contribution is -1.96. The molecule has 1 aromatic carbocycles. The van der Waals surface area contributed by atoms with Crippen molar-refractivity contribution < 1.29 is 9.47 Å². The molecule has 0 amide bonds. The molecule has 3 nitrogen and oxygen atoms in total. The van der Waals surface area contributed by atoms with Gasteiger partial charge in [-0.1, -0.05) is 11.8 Å². The first-order valence-corrected chi connectivity index (χ1v) is 5.22. The van der Waals surface area contributed by atoms with Gasteiger partial charge in [0.1, 0.15) is 11.5 Å². The molecule has 0 fully saturated rings. The number of unbranched alkanes of at least 4 members (excludes halogenated alkanes) is 1. The Balaban J connectivity index is 2.81. The first kappa shape index (κ1) is 12.4. The lowest BCUT2D eigenvalue weighted by atomic mass is 10.2. The van der Waals surface area contributed by atoms with E-state index in [9.17, 15) is 0 Å². The predicted molar refractivity (Wildman–Crippen MR) is 64.7 cm³/mol. The second kappa shape index (κ2) is 6.76. The molecule has 0 saturated carbocycles. The van der Waals surface area contributed by atoms with Crippen LogP contribution in [0.2, 0.25) is 0 Å². The second-order valence-corrected chi connectivity index (χ2v) is 3.30. The average Bonchev–Trinajstić information content (AvgIpc) is 2.34. The third-order valence-corrected chi connectivity index (χ3v) is 2.09. The molecule has 0 heterocycles. The van der Waals surface area contributed by atoms with Gasteiger partial charge in [-0.25, -0.2) is 0 Å². The number of benzene rings is 1. The van der Waals surface area contributed by atoms with Crippen LogP contribution in [0.5, 0.6) is 11.5 Å². The Labute approximate surface area is 96.6 Å². The highest BCUT2D eigenvalue weighted by Crippen LogP contribution is 2.21. The van der Waals surface area contributed by atoms with Gasteiger partial charge >= 0.3 is 0 Å². The summed E-state index contributed by atoms with van der Waals surface area (Å²) in [5.74, 6) is 7.63. The van der Waals surface area contributed by atoms with E-state index in [4.69, 9.17) is 15.2 Å². The number of hydrogen-bond acceptors (Lipinski definition) is 3. The summed E-state index contributed by atoms with van der Waals surface area (Å²) in [5, 5.41) is 0. The van der Waals surface area contributed by atoms with Crippen LogP contribution in [0.25, 0.3) is 0 Å². The summed E-state index contributed by atoms with van der Waals surface area (Å²) in [5.41, 5.74) is 6.29. The van der Waals surface area contributed by atoms with Crippen LogP contribution < -0.4 is 15.2 Å². The van der Waals surface area contributed by atoms with Crippen LogP contribution in [0.4, 0.5) is 0 Å². The zero-order valence-electron chi connectivity index (χ0n) is 9.75. The topological polar surface area (TPSA) is 44.5 Å². The summed E-state index contributed by atoms with van der Waals surface area (Å²) in [6.45, 7) is 0.677. The summed E-state index contributed by atoms with van der Waals surface area (Å²) < 4.78 is 10.3. The summed E-state index contributed by atoms with van der Waals surface area (Å²) in [6.07, 6.45) is 1.74. The first-order chi connectivity index (χ1) is 7.80. The minimum atomic E-state index is 0.677. The molecule has 0 unspecified atom stereocenters. The summed E-state index contributed by atoms with van der Waals surface area (Å²) >= 11 is 0. The van der Waals surface area contributed by atoms with Crippen molar-refractivity contribution in [2.45, 2.75) is 12.8 Å². The van der Waals surface area contributed by atoms with Crippen molar-refractivity contribution in [1.82, 2.24) is 0 Å². The Morgan fingerprint density at radius 2 is 1.75 bits per heavy atom. The number of nitrogens with two attached hydrogens (primary N) is 1. The van der Waals surface area contributed by atoms with Gasteiger partial charge in [-0.15, -0.1) is 0 Å². The Hall–Kier alpha value is -1.66. The summed E-state index contributed by atoms with van der Waals surface area (Å²) in [7, 11) is 3.25. The molecule has 1 aromatic rings. The van der Waals surface area contributed by atoms with Crippen molar-refractivity contribution in [3.63, 3.8) is 0 Å². The van der Waals surface area contributed by atoms with E-state index in [1.165, 1.54) is 0 Å². The molecule has 0 aliphatic rings. The van der Waals surface area contributed by atoms with E-state index in [0.717, 1.165) is 29.9 Å². The molecule has 0 aliphatic heterocycles. The smallest absolute Gasteiger partial charge is 0.123 e. The van der Waals surface area contributed by atoms with Crippen LogP contribution >= 0.6 is 0 Å². The molecule has 3 heteroatoms. The Morgan fingerprint density at radius 3 is 2.25 bits per heavy atom. The predicted octanol–water partition coefficient (Wildman–Crippen LogP) is 1.79. The van der Waals surface area contributed by atoms with Gasteiger partial charge in [0.2, 0.25) is 0 Å². The second-order valence-electron chi connectivity index (χ2n) is 3.30. The number of ether oxygens (including phenoxy) is 2. The third kappa shape index (κ3) is 3.84. The minimum Gasteiger partial charge on any atom is -0.497 e. The van der Waals surface area contributed by atoms with Gasteiger partial charge in [-0.05, 0) is 25.1 Å². The molecule has 0 aromatic heterocycles. The maximum atomic E-state index is 5.39. The van der Waals surface area contributed by atoms with Crippen molar-refractivity contribution >= 4 is 0 Å². The molecule has 0 atom stereocenters. The molecule has 86 valence electrons. The zero-order chi connectivity index (χ0) is 11.8. The Morgan fingerprint density at radius 1 is 1.12 bits per heavy atom. The van der Waals surface area contributed by atoms with Gasteiger partial charge in [0.15, 0.2) is 0 Å². The molecular formula is C13H17NO2. The molecule has 0 spiro atoms. The van der Waals surface area contributed by atoms with Crippen LogP contribution in [0.15, 0.2) is 18.2 Å². The Bertz CT molecular complexity index is 368. The number of hydrogen-bond donors (Lipinski definition) is 1.